The summed E-state index contributed by atoms with van der Waals surface area (Å²) in [6.45, 7) is 7.32. The maximum absolute atomic E-state index is 5.82. The van der Waals surface area contributed by atoms with E-state index in [4.69, 9.17) is 4.74 Å². The largest absolute Gasteiger partial charge is 0.491 e. The molecule has 1 aliphatic rings. The van der Waals surface area contributed by atoms with Gasteiger partial charge >= 0.3 is 0 Å². The van der Waals surface area contributed by atoms with Gasteiger partial charge in [-0.2, -0.15) is 0 Å². The van der Waals surface area contributed by atoms with Crippen LogP contribution in [0, 0.1) is 12.8 Å². The van der Waals surface area contributed by atoms with Gasteiger partial charge in [0.25, 0.3) is 0 Å². The lowest BCUT2D eigenvalue weighted by Gasteiger charge is -2.27. The molecule has 0 amide bonds. The molecule has 0 aromatic heterocycles. The topological polar surface area (TPSA) is 21.3 Å². The smallest absolute Gasteiger partial charge is 0.120 e. The number of nitrogens with one attached hydrogen (secondary N) is 1. The highest BCUT2D eigenvalue weighted by atomic mass is 16.5. The minimum Gasteiger partial charge on any atom is -0.491 e. The molecule has 3 rings (SSSR count). The lowest BCUT2D eigenvalue weighted by atomic mass is 9.88. The molecule has 2 aromatic rings. The Balaban J connectivity index is 1.70. The summed E-state index contributed by atoms with van der Waals surface area (Å²) in [5.74, 6) is 1.62. The summed E-state index contributed by atoms with van der Waals surface area (Å²) in [6, 6.07) is 15.3. The first kappa shape index (κ1) is 15.0. The van der Waals surface area contributed by atoms with Crippen molar-refractivity contribution in [2.45, 2.75) is 39.7 Å². The Morgan fingerprint density at radius 1 is 1.14 bits per heavy atom. The van der Waals surface area contributed by atoms with E-state index in [0.29, 0.717) is 5.92 Å². The highest BCUT2D eigenvalue weighted by Gasteiger charge is 2.19. The van der Waals surface area contributed by atoms with Crippen LogP contribution in [-0.2, 0) is 12.8 Å². The van der Waals surface area contributed by atoms with Crippen LogP contribution in [0.25, 0.3) is 0 Å². The molecule has 0 bridgehead atoms. The van der Waals surface area contributed by atoms with E-state index < -0.39 is 0 Å². The van der Waals surface area contributed by atoms with Gasteiger partial charge in [-0.1, -0.05) is 29.8 Å². The number of rotatable bonds is 4. The van der Waals surface area contributed by atoms with Crippen molar-refractivity contribution >= 4 is 5.69 Å². The lowest BCUT2D eigenvalue weighted by Crippen LogP contribution is -2.25. The summed E-state index contributed by atoms with van der Waals surface area (Å²) >= 11 is 0. The van der Waals surface area contributed by atoms with Gasteiger partial charge in [0.05, 0.1) is 6.10 Å². The Morgan fingerprint density at radius 2 is 1.91 bits per heavy atom. The SMILES string of the molecule is Cc1ccc(CC2CNc3ccc(OC(C)C)cc3C2)cc1. The van der Waals surface area contributed by atoms with Gasteiger partial charge in [0.1, 0.15) is 5.75 Å². The van der Waals surface area contributed by atoms with E-state index in [1.807, 2.05) is 0 Å². The molecule has 0 saturated carbocycles. The zero-order valence-corrected chi connectivity index (χ0v) is 13.7. The highest BCUT2D eigenvalue weighted by molar-refractivity contribution is 5.56. The van der Waals surface area contributed by atoms with Crippen molar-refractivity contribution in [3.63, 3.8) is 0 Å². The molecule has 2 aromatic carbocycles. The summed E-state index contributed by atoms with van der Waals surface area (Å²) < 4.78 is 5.82. The van der Waals surface area contributed by atoms with Gasteiger partial charge in [0.2, 0.25) is 0 Å². The number of ether oxygens (including phenoxy) is 1. The molecule has 1 aliphatic heterocycles. The van der Waals surface area contributed by atoms with E-state index in [1.165, 1.54) is 22.4 Å². The van der Waals surface area contributed by atoms with Crippen LogP contribution >= 0.6 is 0 Å². The molecule has 0 aliphatic carbocycles. The first-order chi connectivity index (χ1) is 10.6. The normalized spacial score (nSPS) is 17.0. The van der Waals surface area contributed by atoms with Crippen molar-refractivity contribution in [2.75, 3.05) is 11.9 Å². The number of anilines is 1. The molecule has 2 heteroatoms. The minimum atomic E-state index is 0.220. The van der Waals surface area contributed by atoms with Crippen molar-refractivity contribution < 1.29 is 4.74 Å². The molecule has 22 heavy (non-hydrogen) atoms. The Labute approximate surface area is 133 Å². The monoisotopic (exact) mass is 295 g/mol. The molecule has 0 fully saturated rings. The molecular weight excluding hydrogens is 270 g/mol. The quantitative estimate of drug-likeness (QED) is 0.889. The third kappa shape index (κ3) is 3.62. The van der Waals surface area contributed by atoms with Gasteiger partial charge in [-0.15, -0.1) is 0 Å². The van der Waals surface area contributed by atoms with E-state index in [0.717, 1.165) is 25.1 Å². The van der Waals surface area contributed by atoms with Crippen LogP contribution in [0.1, 0.15) is 30.5 Å². The fourth-order valence-electron chi connectivity index (χ4n) is 3.10. The van der Waals surface area contributed by atoms with Crippen LogP contribution in [0.2, 0.25) is 0 Å². The van der Waals surface area contributed by atoms with Crippen molar-refractivity contribution in [1.82, 2.24) is 0 Å². The number of benzene rings is 2. The van der Waals surface area contributed by atoms with E-state index >= 15 is 0 Å². The first-order valence-electron chi connectivity index (χ1n) is 8.19. The number of hydrogen-bond acceptors (Lipinski definition) is 2. The van der Waals surface area contributed by atoms with Crippen LogP contribution in [0.3, 0.4) is 0 Å². The average Bonchev–Trinajstić information content (AvgIpc) is 2.49. The molecule has 0 radical (unpaired) electrons. The maximum Gasteiger partial charge on any atom is 0.120 e. The molecule has 2 nitrogen and oxygen atoms in total. The Bertz CT molecular complexity index is 631. The number of hydrogen-bond donors (Lipinski definition) is 1. The maximum atomic E-state index is 5.82. The standard InChI is InChI=1S/C20H25NO/c1-14(2)22-19-8-9-20-18(12-19)11-17(13-21-20)10-16-6-4-15(3)5-7-16/h4-9,12,14,17,21H,10-11,13H2,1-3H3. The summed E-state index contributed by atoms with van der Waals surface area (Å²) in [7, 11) is 0. The van der Waals surface area contributed by atoms with Gasteiger partial charge in [-0.25, -0.2) is 0 Å². The third-order valence-electron chi connectivity index (χ3n) is 4.18. The fourth-order valence-corrected chi connectivity index (χ4v) is 3.10. The molecule has 0 spiro atoms. The molecular formula is C20H25NO. The van der Waals surface area contributed by atoms with Crippen LogP contribution in [0.4, 0.5) is 5.69 Å². The van der Waals surface area contributed by atoms with Crippen molar-refractivity contribution in [3.8, 4) is 5.75 Å². The second kappa shape index (κ2) is 6.43. The molecule has 0 saturated heterocycles. The van der Waals surface area contributed by atoms with Gasteiger partial charge < -0.3 is 10.1 Å². The Kier molecular flexibility index (Phi) is 4.37. The molecule has 1 heterocycles. The van der Waals surface area contributed by atoms with E-state index in [2.05, 4.69) is 68.6 Å². The van der Waals surface area contributed by atoms with Crippen LogP contribution < -0.4 is 10.1 Å². The van der Waals surface area contributed by atoms with E-state index in [9.17, 15) is 0 Å². The van der Waals surface area contributed by atoms with Crippen molar-refractivity contribution in [2.24, 2.45) is 5.92 Å². The second-order valence-corrected chi connectivity index (χ2v) is 6.63. The molecule has 116 valence electrons. The average molecular weight is 295 g/mol. The van der Waals surface area contributed by atoms with Crippen LogP contribution in [0.5, 0.6) is 5.75 Å². The number of aryl methyl sites for hydroxylation is 1. The van der Waals surface area contributed by atoms with Crippen molar-refractivity contribution in [1.29, 1.82) is 0 Å². The summed E-state index contributed by atoms with van der Waals surface area (Å²) in [5.41, 5.74) is 5.39. The second-order valence-electron chi connectivity index (χ2n) is 6.63. The van der Waals surface area contributed by atoms with Gasteiger partial charge in [0.15, 0.2) is 0 Å². The molecule has 1 N–H and O–H groups in total. The third-order valence-corrected chi connectivity index (χ3v) is 4.18. The Morgan fingerprint density at radius 3 is 2.64 bits per heavy atom. The van der Waals surface area contributed by atoms with Gasteiger partial charge in [-0.05, 0) is 68.9 Å². The summed E-state index contributed by atoms with van der Waals surface area (Å²) in [4.78, 5) is 0. The summed E-state index contributed by atoms with van der Waals surface area (Å²) in [6.07, 6.45) is 2.46. The van der Waals surface area contributed by atoms with Crippen LogP contribution in [-0.4, -0.2) is 12.6 Å². The Hall–Kier alpha value is -1.96. The van der Waals surface area contributed by atoms with Gasteiger partial charge in [0, 0.05) is 12.2 Å². The van der Waals surface area contributed by atoms with Crippen molar-refractivity contribution in [3.05, 3.63) is 59.2 Å². The fraction of sp³-hybridized carbons (Fsp3) is 0.400. The minimum absolute atomic E-state index is 0.220. The first-order valence-corrected chi connectivity index (χ1v) is 8.19. The van der Waals surface area contributed by atoms with Gasteiger partial charge in [-0.3, -0.25) is 0 Å². The van der Waals surface area contributed by atoms with E-state index in [-0.39, 0.29) is 6.10 Å². The zero-order valence-electron chi connectivity index (χ0n) is 13.7. The van der Waals surface area contributed by atoms with E-state index in [1.54, 1.807) is 0 Å². The predicted octanol–water partition coefficient (Wildman–Crippen LogP) is 4.61. The lowest BCUT2D eigenvalue weighted by molar-refractivity contribution is 0.242. The molecule has 1 unspecified atom stereocenters. The summed E-state index contributed by atoms with van der Waals surface area (Å²) in [5, 5.41) is 3.57. The van der Waals surface area contributed by atoms with Crippen LogP contribution in [0.15, 0.2) is 42.5 Å². The number of fused-ring (bicyclic) bond motifs is 1. The zero-order chi connectivity index (χ0) is 15.5. The highest BCUT2D eigenvalue weighted by Crippen LogP contribution is 2.30. The molecule has 1 atom stereocenters. The predicted molar refractivity (Wildman–Crippen MR) is 92.8 cm³/mol.